The van der Waals surface area contributed by atoms with Crippen LogP contribution in [-0.2, 0) is 0 Å². The van der Waals surface area contributed by atoms with Gasteiger partial charge in [-0.25, -0.2) is 0 Å². The van der Waals surface area contributed by atoms with Gasteiger partial charge in [-0.3, -0.25) is 0 Å². The van der Waals surface area contributed by atoms with Gasteiger partial charge in [0.15, 0.2) is 0 Å². The van der Waals surface area contributed by atoms with Crippen molar-refractivity contribution in [1.29, 1.82) is 0 Å². The van der Waals surface area contributed by atoms with Gasteiger partial charge in [-0.05, 0) is 41.2 Å². The van der Waals surface area contributed by atoms with E-state index in [0.29, 0.717) is 17.8 Å². The van der Waals surface area contributed by atoms with E-state index in [2.05, 4.69) is 91.9 Å². The van der Waals surface area contributed by atoms with Crippen molar-refractivity contribution in [2.75, 3.05) is 0 Å². The highest BCUT2D eigenvalue weighted by Crippen LogP contribution is 2.52. The van der Waals surface area contributed by atoms with E-state index in [1.165, 1.54) is 17.5 Å². The van der Waals surface area contributed by atoms with Crippen LogP contribution in [0.5, 0.6) is 0 Å². The fourth-order valence-electron chi connectivity index (χ4n) is 4.79. The van der Waals surface area contributed by atoms with Gasteiger partial charge in [0.05, 0.1) is 0 Å². The van der Waals surface area contributed by atoms with Crippen LogP contribution < -0.4 is 0 Å². The smallest absolute Gasteiger partial charge is 0.0126 e. The van der Waals surface area contributed by atoms with E-state index < -0.39 is 0 Å². The first-order valence-corrected chi connectivity index (χ1v) is 8.79. The van der Waals surface area contributed by atoms with Crippen molar-refractivity contribution in [3.63, 3.8) is 0 Å². The lowest BCUT2D eigenvalue weighted by molar-refractivity contribution is 0.322. The second-order valence-corrected chi connectivity index (χ2v) is 7.10. The fourth-order valence-corrected chi connectivity index (χ4v) is 4.79. The number of fused-ring (bicyclic) bond motifs is 1. The van der Waals surface area contributed by atoms with Gasteiger partial charge in [0.25, 0.3) is 0 Å². The van der Waals surface area contributed by atoms with Crippen LogP contribution in [0.15, 0.2) is 85.0 Å². The molecule has 1 saturated carbocycles. The lowest BCUT2D eigenvalue weighted by atomic mass is 9.71. The second-order valence-electron chi connectivity index (χ2n) is 7.10. The Hall–Kier alpha value is -2.08. The molecule has 2 aliphatic carbocycles. The van der Waals surface area contributed by atoms with Crippen molar-refractivity contribution in [1.82, 2.24) is 0 Å². The standard InChI is InChI=1S/C23H24/c1-17-16-20-14-8-9-15-21(20)22(17)23(18-10-4-2-5-11-18)19-12-6-3-7-13-19/h2-15,17,20-23H,16H2,1H3. The molecular formula is C23H24. The van der Waals surface area contributed by atoms with Crippen molar-refractivity contribution >= 4 is 0 Å². The normalized spacial score (nSPS) is 29.0. The van der Waals surface area contributed by atoms with Crippen molar-refractivity contribution in [3.8, 4) is 0 Å². The summed E-state index contributed by atoms with van der Waals surface area (Å²) >= 11 is 0. The van der Waals surface area contributed by atoms with Crippen LogP contribution in [-0.4, -0.2) is 0 Å². The van der Waals surface area contributed by atoms with E-state index in [1.807, 2.05) is 0 Å². The Balaban J connectivity index is 1.79. The van der Waals surface area contributed by atoms with Gasteiger partial charge in [0, 0.05) is 5.92 Å². The van der Waals surface area contributed by atoms with Crippen LogP contribution in [0.4, 0.5) is 0 Å². The summed E-state index contributed by atoms with van der Waals surface area (Å²) in [6, 6.07) is 22.2. The highest BCUT2D eigenvalue weighted by atomic mass is 14.5. The molecule has 4 unspecified atom stereocenters. The van der Waals surface area contributed by atoms with Crippen LogP contribution in [0.2, 0.25) is 0 Å². The molecule has 4 rings (SSSR count). The lowest BCUT2D eigenvalue weighted by Crippen LogP contribution is -2.24. The Morgan fingerprint density at radius 3 is 1.96 bits per heavy atom. The molecule has 0 bridgehead atoms. The number of benzene rings is 2. The molecular weight excluding hydrogens is 276 g/mol. The molecule has 0 aliphatic heterocycles. The van der Waals surface area contributed by atoms with Crippen molar-refractivity contribution in [3.05, 3.63) is 96.1 Å². The molecule has 0 aromatic heterocycles. The molecule has 2 aromatic rings. The SMILES string of the molecule is CC1CC2C=CC=CC2C1C(c1ccccc1)c1ccccc1. The Labute approximate surface area is 139 Å². The van der Waals surface area contributed by atoms with Gasteiger partial charge in [-0.1, -0.05) is 91.9 Å². The van der Waals surface area contributed by atoms with Gasteiger partial charge in [-0.15, -0.1) is 0 Å². The summed E-state index contributed by atoms with van der Waals surface area (Å²) in [5.41, 5.74) is 2.92. The predicted molar refractivity (Wildman–Crippen MR) is 97.3 cm³/mol. The Bertz CT molecular complexity index is 656. The molecule has 0 radical (unpaired) electrons. The van der Waals surface area contributed by atoms with E-state index in [4.69, 9.17) is 0 Å². The monoisotopic (exact) mass is 300 g/mol. The maximum atomic E-state index is 2.46. The minimum absolute atomic E-state index is 0.485. The van der Waals surface area contributed by atoms with Gasteiger partial charge in [0.1, 0.15) is 0 Å². The predicted octanol–water partition coefficient (Wildman–Crippen LogP) is 5.83. The largest absolute Gasteiger partial charge is 0.0808 e. The first-order valence-electron chi connectivity index (χ1n) is 8.79. The summed E-state index contributed by atoms with van der Waals surface area (Å²) in [6.45, 7) is 2.45. The minimum Gasteiger partial charge on any atom is -0.0808 e. The Morgan fingerprint density at radius 1 is 0.783 bits per heavy atom. The zero-order valence-corrected chi connectivity index (χ0v) is 13.7. The van der Waals surface area contributed by atoms with Crippen molar-refractivity contribution in [2.45, 2.75) is 19.3 Å². The average Bonchev–Trinajstić information content (AvgIpc) is 2.94. The summed E-state index contributed by atoms with van der Waals surface area (Å²) < 4.78 is 0. The van der Waals surface area contributed by atoms with Gasteiger partial charge in [-0.2, -0.15) is 0 Å². The topological polar surface area (TPSA) is 0 Å². The Morgan fingerprint density at radius 2 is 1.35 bits per heavy atom. The Kier molecular flexibility index (Phi) is 3.91. The average molecular weight is 300 g/mol. The third kappa shape index (κ3) is 2.67. The van der Waals surface area contributed by atoms with E-state index >= 15 is 0 Å². The van der Waals surface area contributed by atoms with Crippen LogP contribution in [0.25, 0.3) is 0 Å². The zero-order chi connectivity index (χ0) is 15.6. The summed E-state index contributed by atoms with van der Waals surface area (Å²) in [4.78, 5) is 0. The molecule has 0 saturated heterocycles. The molecule has 2 aliphatic rings. The van der Waals surface area contributed by atoms with Crippen LogP contribution in [0.3, 0.4) is 0 Å². The summed E-state index contributed by atoms with van der Waals surface area (Å²) in [5, 5.41) is 0. The summed E-state index contributed by atoms with van der Waals surface area (Å²) in [7, 11) is 0. The molecule has 2 aromatic carbocycles. The van der Waals surface area contributed by atoms with Gasteiger partial charge >= 0.3 is 0 Å². The number of hydrogen-bond donors (Lipinski definition) is 0. The molecule has 1 fully saturated rings. The van der Waals surface area contributed by atoms with Gasteiger partial charge in [0.2, 0.25) is 0 Å². The van der Waals surface area contributed by atoms with Gasteiger partial charge < -0.3 is 0 Å². The molecule has 116 valence electrons. The number of hydrogen-bond acceptors (Lipinski definition) is 0. The highest BCUT2D eigenvalue weighted by Gasteiger charge is 2.43. The fraction of sp³-hybridized carbons (Fsp3) is 0.304. The minimum atomic E-state index is 0.485. The lowest BCUT2D eigenvalue weighted by Gasteiger charge is -2.33. The number of rotatable bonds is 3. The van der Waals surface area contributed by atoms with Crippen molar-refractivity contribution < 1.29 is 0 Å². The molecule has 4 atom stereocenters. The maximum absolute atomic E-state index is 2.46. The number of allylic oxidation sites excluding steroid dienone is 4. The van der Waals surface area contributed by atoms with Crippen LogP contribution in [0.1, 0.15) is 30.4 Å². The molecule has 0 amide bonds. The van der Waals surface area contributed by atoms with Crippen LogP contribution in [0, 0.1) is 23.7 Å². The zero-order valence-electron chi connectivity index (χ0n) is 13.7. The third-order valence-electron chi connectivity index (χ3n) is 5.74. The van der Waals surface area contributed by atoms with E-state index in [0.717, 1.165) is 11.8 Å². The molecule has 0 nitrogen and oxygen atoms in total. The quantitative estimate of drug-likeness (QED) is 0.668. The first-order chi connectivity index (χ1) is 11.3. The van der Waals surface area contributed by atoms with E-state index in [9.17, 15) is 0 Å². The molecule has 0 heterocycles. The molecule has 23 heavy (non-hydrogen) atoms. The molecule has 0 heteroatoms. The van der Waals surface area contributed by atoms with E-state index in [-0.39, 0.29) is 0 Å². The second kappa shape index (κ2) is 6.20. The summed E-state index contributed by atoms with van der Waals surface area (Å²) in [6.07, 6.45) is 10.7. The summed E-state index contributed by atoms with van der Waals surface area (Å²) in [5.74, 6) is 3.28. The van der Waals surface area contributed by atoms with E-state index in [1.54, 1.807) is 0 Å². The van der Waals surface area contributed by atoms with Crippen molar-refractivity contribution in [2.24, 2.45) is 23.7 Å². The first kappa shape index (κ1) is 14.5. The third-order valence-corrected chi connectivity index (χ3v) is 5.74. The molecule has 0 N–H and O–H groups in total. The molecule has 0 spiro atoms. The highest BCUT2D eigenvalue weighted by molar-refractivity contribution is 5.35. The van der Waals surface area contributed by atoms with Crippen LogP contribution >= 0.6 is 0 Å². The maximum Gasteiger partial charge on any atom is 0.0126 e.